The number of carbonyl (C=O) groups is 1. The summed E-state index contributed by atoms with van der Waals surface area (Å²) in [4.78, 5) is 12.4. The molecule has 5 heteroatoms. The second-order valence-corrected chi connectivity index (χ2v) is 7.75. The Hall–Kier alpha value is -3.21. The molecule has 0 radical (unpaired) electrons. The molecule has 2 aromatic carbocycles. The molecule has 3 rings (SSSR count). The van der Waals surface area contributed by atoms with E-state index in [1.807, 2.05) is 36.4 Å². The molecule has 0 saturated heterocycles. The van der Waals surface area contributed by atoms with Crippen molar-refractivity contribution in [3.05, 3.63) is 65.2 Å². The van der Waals surface area contributed by atoms with Gasteiger partial charge in [-0.15, -0.1) is 0 Å². The Morgan fingerprint density at radius 2 is 1.59 bits per heavy atom. The predicted octanol–water partition coefficient (Wildman–Crippen LogP) is 6.42. The summed E-state index contributed by atoms with van der Waals surface area (Å²) in [5, 5.41) is 0. The first kappa shape index (κ1) is 23.5. The van der Waals surface area contributed by atoms with Crippen LogP contribution in [-0.4, -0.2) is 26.8 Å². The van der Waals surface area contributed by atoms with E-state index in [0.29, 0.717) is 22.8 Å². The summed E-state index contributed by atoms with van der Waals surface area (Å²) < 4.78 is 21.9. The number of ether oxygens (including phenoxy) is 4. The van der Waals surface area contributed by atoms with Gasteiger partial charge in [-0.1, -0.05) is 51.2 Å². The minimum atomic E-state index is -0.377. The highest BCUT2D eigenvalue weighted by molar-refractivity contribution is 6.05. The highest BCUT2D eigenvalue weighted by atomic mass is 16.5. The van der Waals surface area contributed by atoms with Gasteiger partial charge in [0.15, 0.2) is 11.5 Å². The quantitative estimate of drug-likeness (QED) is 0.218. The zero-order valence-corrected chi connectivity index (χ0v) is 19.2. The summed E-state index contributed by atoms with van der Waals surface area (Å²) in [6.45, 7) is 2.96. The molecule has 0 unspecified atom stereocenters. The Labute approximate surface area is 190 Å². The maximum absolute atomic E-state index is 12.4. The van der Waals surface area contributed by atoms with Crippen molar-refractivity contribution in [2.75, 3.05) is 20.8 Å². The fraction of sp³-hybridized carbons (Fsp3) is 0.370. The smallest absolute Gasteiger partial charge is 0.343 e. The lowest BCUT2D eigenvalue weighted by Crippen LogP contribution is -1.98. The molecule has 0 atom stereocenters. The van der Waals surface area contributed by atoms with Gasteiger partial charge in [-0.05, 0) is 54.5 Å². The van der Waals surface area contributed by atoms with E-state index in [0.717, 1.165) is 29.9 Å². The molecule has 1 heterocycles. The summed E-state index contributed by atoms with van der Waals surface area (Å²) in [6, 6.07) is 13.2. The zero-order valence-electron chi connectivity index (χ0n) is 19.2. The Balaban J connectivity index is 1.59. The Kier molecular flexibility index (Phi) is 8.79. The van der Waals surface area contributed by atoms with Crippen LogP contribution in [0.4, 0.5) is 0 Å². The summed E-state index contributed by atoms with van der Waals surface area (Å²) >= 11 is 0. The molecular weight excluding hydrogens is 404 g/mol. The topological polar surface area (TPSA) is 54.0 Å². The van der Waals surface area contributed by atoms with E-state index in [2.05, 4.69) is 6.92 Å². The summed E-state index contributed by atoms with van der Waals surface area (Å²) in [6.07, 6.45) is 11.0. The zero-order chi connectivity index (χ0) is 22.8. The van der Waals surface area contributed by atoms with E-state index in [9.17, 15) is 4.79 Å². The average molecular weight is 437 g/mol. The van der Waals surface area contributed by atoms with Gasteiger partial charge in [-0.3, -0.25) is 0 Å². The lowest BCUT2D eigenvalue weighted by molar-refractivity contribution is -0.130. The number of esters is 1. The van der Waals surface area contributed by atoms with Gasteiger partial charge in [-0.2, -0.15) is 0 Å². The van der Waals surface area contributed by atoms with Crippen LogP contribution in [0.25, 0.3) is 11.8 Å². The molecule has 2 aromatic rings. The van der Waals surface area contributed by atoms with E-state index < -0.39 is 0 Å². The Morgan fingerprint density at radius 3 is 2.31 bits per heavy atom. The number of benzene rings is 2. The summed E-state index contributed by atoms with van der Waals surface area (Å²) in [5.41, 5.74) is 2.15. The third-order valence-electron chi connectivity index (χ3n) is 5.36. The van der Waals surface area contributed by atoms with Crippen LogP contribution in [0.1, 0.15) is 56.6 Å². The molecule has 0 spiro atoms. The van der Waals surface area contributed by atoms with E-state index >= 15 is 0 Å². The SMILES string of the molecule is CCCCCCCCOc1ccc(/C=C2\C=C(c3ccc(OC)c(OC)c3)OC2=O)cc1. The number of hydrogen-bond acceptors (Lipinski definition) is 5. The monoisotopic (exact) mass is 436 g/mol. The summed E-state index contributed by atoms with van der Waals surface area (Å²) in [7, 11) is 3.15. The van der Waals surface area contributed by atoms with Gasteiger partial charge in [0.25, 0.3) is 0 Å². The molecule has 0 N–H and O–H groups in total. The first-order valence-corrected chi connectivity index (χ1v) is 11.3. The molecule has 0 aliphatic carbocycles. The van der Waals surface area contributed by atoms with Crippen molar-refractivity contribution in [2.24, 2.45) is 0 Å². The Morgan fingerprint density at radius 1 is 0.875 bits per heavy atom. The van der Waals surface area contributed by atoms with Crippen LogP contribution in [0.15, 0.2) is 54.1 Å². The first-order chi connectivity index (χ1) is 15.6. The standard InChI is InChI=1S/C27H32O5/c1-4-5-6-7-8-9-16-31-23-13-10-20(11-14-23)17-22-19-25(32-27(22)28)21-12-15-24(29-2)26(18-21)30-3/h10-15,17-19H,4-9,16H2,1-3H3/b22-17+. The molecule has 0 bridgehead atoms. The molecule has 0 saturated carbocycles. The van der Waals surface area contributed by atoms with Crippen molar-refractivity contribution in [2.45, 2.75) is 45.4 Å². The van der Waals surface area contributed by atoms with Crippen LogP contribution >= 0.6 is 0 Å². The van der Waals surface area contributed by atoms with Crippen molar-refractivity contribution in [1.29, 1.82) is 0 Å². The van der Waals surface area contributed by atoms with Crippen molar-refractivity contribution < 1.29 is 23.7 Å². The minimum absolute atomic E-state index is 0.377. The van der Waals surface area contributed by atoms with Gasteiger partial charge < -0.3 is 18.9 Å². The van der Waals surface area contributed by atoms with Gasteiger partial charge in [-0.25, -0.2) is 4.79 Å². The highest BCUT2D eigenvalue weighted by Gasteiger charge is 2.23. The van der Waals surface area contributed by atoms with Crippen molar-refractivity contribution in [3.63, 3.8) is 0 Å². The van der Waals surface area contributed by atoms with E-state index in [1.165, 1.54) is 32.1 Å². The molecule has 1 aliphatic rings. The minimum Gasteiger partial charge on any atom is -0.494 e. The van der Waals surface area contributed by atoms with Crippen LogP contribution in [0, 0.1) is 0 Å². The van der Waals surface area contributed by atoms with Crippen LogP contribution < -0.4 is 14.2 Å². The second-order valence-electron chi connectivity index (χ2n) is 7.75. The van der Waals surface area contributed by atoms with Crippen LogP contribution in [0.5, 0.6) is 17.2 Å². The molecule has 0 amide bonds. The molecule has 0 aromatic heterocycles. The maximum Gasteiger partial charge on any atom is 0.343 e. The van der Waals surface area contributed by atoms with Crippen molar-refractivity contribution >= 4 is 17.8 Å². The lowest BCUT2D eigenvalue weighted by Gasteiger charge is -2.09. The highest BCUT2D eigenvalue weighted by Crippen LogP contribution is 2.34. The normalized spacial score (nSPS) is 14.3. The van der Waals surface area contributed by atoms with Crippen molar-refractivity contribution in [3.8, 4) is 17.2 Å². The number of hydrogen-bond donors (Lipinski definition) is 0. The molecule has 5 nitrogen and oxygen atoms in total. The number of carbonyl (C=O) groups excluding carboxylic acids is 1. The summed E-state index contributed by atoms with van der Waals surface area (Å²) in [5.74, 6) is 2.15. The fourth-order valence-electron chi connectivity index (χ4n) is 3.53. The van der Waals surface area contributed by atoms with Crippen molar-refractivity contribution in [1.82, 2.24) is 0 Å². The van der Waals surface area contributed by atoms with E-state index in [1.54, 1.807) is 32.4 Å². The van der Waals surface area contributed by atoms with Gasteiger partial charge in [0.2, 0.25) is 0 Å². The number of methoxy groups -OCH3 is 2. The van der Waals surface area contributed by atoms with E-state index in [-0.39, 0.29) is 5.97 Å². The molecular formula is C27H32O5. The van der Waals surface area contributed by atoms with Gasteiger partial charge >= 0.3 is 5.97 Å². The second kappa shape index (κ2) is 12.0. The van der Waals surface area contributed by atoms with E-state index in [4.69, 9.17) is 18.9 Å². The third-order valence-corrected chi connectivity index (χ3v) is 5.36. The van der Waals surface area contributed by atoms with Gasteiger partial charge in [0, 0.05) is 5.56 Å². The predicted molar refractivity (Wildman–Crippen MR) is 127 cm³/mol. The van der Waals surface area contributed by atoms with Gasteiger partial charge in [0.05, 0.1) is 26.4 Å². The third kappa shape index (κ3) is 6.39. The fourth-order valence-corrected chi connectivity index (χ4v) is 3.53. The largest absolute Gasteiger partial charge is 0.494 e. The van der Waals surface area contributed by atoms with Crippen LogP contribution in [0.2, 0.25) is 0 Å². The number of rotatable bonds is 12. The Bertz CT molecular complexity index is 957. The van der Waals surface area contributed by atoms with Gasteiger partial charge in [0.1, 0.15) is 11.5 Å². The lowest BCUT2D eigenvalue weighted by atomic mass is 10.1. The maximum atomic E-state index is 12.4. The molecule has 1 aliphatic heterocycles. The molecule has 0 fully saturated rings. The molecule has 32 heavy (non-hydrogen) atoms. The van der Waals surface area contributed by atoms with Crippen LogP contribution in [-0.2, 0) is 9.53 Å². The number of unbranched alkanes of at least 4 members (excludes halogenated alkanes) is 5. The van der Waals surface area contributed by atoms with Crippen LogP contribution in [0.3, 0.4) is 0 Å². The first-order valence-electron chi connectivity index (χ1n) is 11.3. The average Bonchev–Trinajstić information content (AvgIpc) is 3.19. The number of cyclic esters (lactones) is 1. The molecule has 170 valence electrons.